The van der Waals surface area contributed by atoms with E-state index < -0.39 is 6.04 Å². The Labute approximate surface area is 193 Å². The summed E-state index contributed by atoms with van der Waals surface area (Å²) in [5, 5.41) is 9.62. The van der Waals surface area contributed by atoms with Gasteiger partial charge in [0.15, 0.2) is 0 Å². The smallest absolute Gasteiger partial charge is 0.255 e. The summed E-state index contributed by atoms with van der Waals surface area (Å²) in [6.45, 7) is 3.11. The highest BCUT2D eigenvalue weighted by Gasteiger charge is 2.39. The van der Waals surface area contributed by atoms with Gasteiger partial charge in [-0.05, 0) is 55.1 Å². The Kier molecular flexibility index (Phi) is 6.24. The monoisotopic (exact) mass is 446 g/mol. The van der Waals surface area contributed by atoms with Crippen LogP contribution in [0.15, 0.2) is 48.5 Å². The standard InChI is InChI=1S/C26H30N4O3/c31-24-9-8-23(25(32)29-24)30-16-19-7-6-17(14-21(19)26(30)33)15-28-22-11-13-27-12-10-20(22)18-4-2-1-3-5-18/h1-7,14,20,22-23,27-28H,8-13,15-16H2,(H,29,31,32). The van der Waals surface area contributed by atoms with E-state index in [0.717, 1.165) is 37.1 Å². The molecule has 2 aromatic carbocycles. The molecular formula is C26H30N4O3. The molecule has 0 aliphatic carbocycles. The van der Waals surface area contributed by atoms with Gasteiger partial charge in [0, 0.05) is 37.0 Å². The first-order valence-electron chi connectivity index (χ1n) is 11.9. The number of nitrogens with zero attached hydrogens (tertiary/aromatic N) is 1. The van der Waals surface area contributed by atoms with E-state index in [-0.39, 0.29) is 24.1 Å². The number of nitrogens with one attached hydrogen (secondary N) is 3. The van der Waals surface area contributed by atoms with Crippen molar-refractivity contribution in [3.8, 4) is 0 Å². The van der Waals surface area contributed by atoms with Crippen LogP contribution in [0.3, 0.4) is 0 Å². The Hall–Kier alpha value is -3.03. The van der Waals surface area contributed by atoms with Crippen molar-refractivity contribution < 1.29 is 14.4 Å². The van der Waals surface area contributed by atoms with Crippen LogP contribution in [-0.2, 0) is 22.7 Å². The first-order chi connectivity index (χ1) is 16.1. The number of amides is 3. The van der Waals surface area contributed by atoms with Crippen molar-refractivity contribution in [2.45, 2.75) is 56.8 Å². The van der Waals surface area contributed by atoms with Crippen LogP contribution in [0.2, 0.25) is 0 Å². The van der Waals surface area contributed by atoms with Crippen LogP contribution in [0.25, 0.3) is 0 Å². The van der Waals surface area contributed by atoms with Crippen molar-refractivity contribution in [3.05, 3.63) is 70.8 Å². The van der Waals surface area contributed by atoms with Crippen LogP contribution in [0, 0.1) is 0 Å². The van der Waals surface area contributed by atoms with E-state index >= 15 is 0 Å². The summed E-state index contributed by atoms with van der Waals surface area (Å²) < 4.78 is 0. The average Bonchev–Trinajstić information content (AvgIpc) is 2.99. The van der Waals surface area contributed by atoms with Gasteiger partial charge in [0.05, 0.1) is 0 Å². The Morgan fingerprint density at radius 3 is 2.61 bits per heavy atom. The molecule has 172 valence electrons. The number of hydrogen-bond acceptors (Lipinski definition) is 5. The number of rotatable bonds is 5. The van der Waals surface area contributed by atoms with Crippen molar-refractivity contribution in [1.29, 1.82) is 0 Å². The van der Waals surface area contributed by atoms with Crippen molar-refractivity contribution in [3.63, 3.8) is 0 Å². The number of hydrogen-bond donors (Lipinski definition) is 3. The first kappa shape index (κ1) is 21.8. The molecule has 3 aliphatic rings. The maximum Gasteiger partial charge on any atom is 0.255 e. The molecule has 0 aromatic heterocycles. The highest BCUT2D eigenvalue weighted by atomic mass is 16.2. The predicted molar refractivity (Wildman–Crippen MR) is 124 cm³/mol. The summed E-state index contributed by atoms with van der Waals surface area (Å²) in [5.74, 6) is -0.318. The second-order valence-corrected chi connectivity index (χ2v) is 9.22. The summed E-state index contributed by atoms with van der Waals surface area (Å²) in [7, 11) is 0. The molecule has 33 heavy (non-hydrogen) atoms. The molecule has 2 aromatic rings. The zero-order chi connectivity index (χ0) is 22.8. The van der Waals surface area contributed by atoms with Gasteiger partial charge in [-0.15, -0.1) is 0 Å². The maximum atomic E-state index is 13.1. The topological polar surface area (TPSA) is 90.5 Å². The highest BCUT2D eigenvalue weighted by Crippen LogP contribution is 2.29. The number of imide groups is 1. The van der Waals surface area contributed by atoms with Crippen molar-refractivity contribution in [2.24, 2.45) is 0 Å². The molecule has 3 heterocycles. The van der Waals surface area contributed by atoms with Gasteiger partial charge in [-0.2, -0.15) is 0 Å². The Morgan fingerprint density at radius 2 is 1.79 bits per heavy atom. The maximum absolute atomic E-state index is 13.1. The van der Waals surface area contributed by atoms with E-state index in [0.29, 0.717) is 37.0 Å². The van der Waals surface area contributed by atoms with E-state index in [1.807, 2.05) is 12.1 Å². The van der Waals surface area contributed by atoms with Crippen LogP contribution in [0.1, 0.15) is 58.6 Å². The molecule has 2 fully saturated rings. The molecule has 3 unspecified atom stereocenters. The Morgan fingerprint density at radius 1 is 0.970 bits per heavy atom. The molecule has 3 atom stereocenters. The largest absolute Gasteiger partial charge is 0.322 e. The lowest BCUT2D eigenvalue weighted by Gasteiger charge is -2.29. The van der Waals surface area contributed by atoms with Crippen LogP contribution < -0.4 is 16.0 Å². The van der Waals surface area contributed by atoms with E-state index in [2.05, 4.69) is 52.3 Å². The third kappa shape index (κ3) is 4.56. The molecule has 0 spiro atoms. The summed E-state index contributed by atoms with van der Waals surface area (Å²) in [6, 6.07) is 16.5. The van der Waals surface area contributed by atoms with Gasteiger partial charge in [-0.25, -0.2) is 0 Å². The van der Waals surface area contributed by atoms with Crippen molar-refractivity contribution in [2.75, 3.05) is 13.1 Å². The van der Waals surface area contributed by atoms with Gasteiger partial charge in [-0.1, -0.05) is 42.5 Å². The number of fused-ring (bicyclic) bond motifs is 1. The normalized spacial score (nSPS) is 25.5. The lowest BCUT2D eigenvalue weighted by atomic mass is 9.87. The Balaban J connectivity index is 1.28. The van der Waals surface area contributed by atoms with Gasteiger partial charge >= 0.3 is 0 Å². The number of carbonyl (C=O) groups excluding carboxylic acids is 3. The molecule has 5 rings (SSSR count). The molecule has 0 saturated carbocycles. The fourth-order valence-electron chi connectivity index (χ4n) is 5.35. The molecule has 3 N–H and O–H groups in total. The van der Waals surface area contributed by atoms with E-state index in [9.17, 15) is 14.4 Å². The quantitative estimate of drug-likeness (QED) is 0.612. The molecule has 7 heteroatoms. The van der Waals surface area contributed by atoms with Crippen molar-refractivity contribution in [1.82, 2.24) is 20.9 Å². The minimum Gasteiger partial charge on any atom is -0.322 e. The molecule has 3 amide bonds. The lowest BCUT2D eigenvalue weighted by molar-refractivity contribution is -0.136. The summed E-state index contributed by atoms with van der Waals surface area (Å²) in [5.41, 5.74) is 4.04. The number of carbonyl (C=O) groups is 3. The summed E-state index contributed by atoms with van der Waals surface area (Å²) in [6.07, 6.45) is 2.79. The van der Waals surface area contributed by atoms with Crippen LogP contribution in [0.5, 0.6) is 0 Å². The van der Waals surface area contributed by atoms with Gasteiger partial charge in [0.1, 0.15) is 6.04 Å². The number of benzene rings is 2. The fourth-order valence-corrected chi connectivity index (χ4v) is 5.35. The van der Waals surface area contributed by atoms with E-state index in [1.54, 1.807) is 4.90 Å². The molecular weight excluding hydrogens is 416 g/mol. The van der Waals surface area contributed by atoms with Crippen LogP contribution >= 0.6 is 0 Å². The van der Waals surface area contributed by atoms with Gasteiger partial charge in [0.25, 0.3) is 5.91 Å². The third-order valence-corrected chi connectivity index (χ3v) is 7.14. The minimum absolute atomic E-state index is 0.123. The molecule has 0 bridgehead atoms. The van der Waals surface area contributed by atoms with Crippen LogP contribution in [-0.4, -0.2) is 47.8 Å². The average molecular weight is 447 g/mol. The van der Waals surface area contributed by atoms with Crippen molar-refractivity contribution >= 4 is 17.7 Å². The zero-order valence-electron chi connectivity index (χ0n) is 18.7. The highest BCUT2D eigenvalue weighted by molar-refractivity contribution is 6.05. The predicted octanol–water partition coefficient (Wildman–Crippen LogP) is 2.07. The van der Waals surface area contributed by atoms with Gasteiger partial charge in [0.2, 0.25) is 11.8 Å². The Bertz CT molecular complexity index is 1050. The van der Waals surface area contributed by atoms with Crippen LogP contribution in [0.4, 0.5) is 0 Å². The van der Waals surface area contributed by atoms with E-state index in [4.69, 9.17) is 0 Å². The first-order valence-corrected chi connectivity index (χ1v) is 11.9. The third-order valence-electron chi connectivity index (χ3n) is 7.14. The fraction of sp³-hybridized carbons (Fsp3) is 0.423. The molecule has 0 radical (unpaired) electrons. The lowest BCUT2D eigenvalue weighted by Crippen LogP contribution is -2.52. The molecule has 2 saturated heterocycles. The molecule has 7 nitrogen and oxygen atoms in total. The molecule has 3 aliphatic heterocycles. The van der Waals surface area contributed by atoms with E-state index in [1.165, 1.54) is 5.56 Å². The van der Waals surface area contributed by atoms with Gasteiger partial charge < -0.3 is 15.5 Å². The SMILES string of the molecule is O=C1CCC(N2Cc3ccc(CNC4CCNCCC4c4ccccc4)cc3C2=O)C(=O)N1. The van der Waals surface area contributed by atoms with Gasteiger partial charge in [-0.3, -0.25) is 19.7 Å². The number of piperidine rings is 1. The second-order valence-electron chi connectivity index (χ2n) is 9.22. The second kappa shape index (κ2) is 9.45. The summed E-state index contributed by atoms with van der Waals surface area (Å²) >= 11 is 0. The summed E-state index contributed by atoms with van der Waals surface area (Å²) in [4.78, 5) is 38.4. The zero-order valence-corrected chi connectivity index (χ0v) is 18.7. The minimum atomic E-state index is -0.575.